The van der Waals surface area contributed by atoms with Gasteiger partial charge in [-0.05, 0) is 100 Å². The standard InChI is InChI=1S/C47H36Cl2N4O7/c1-47(46(56)57,34-13-16-36(32(20-34)24-50)29-7-3-2-4-8-29)52-44(54)40-21-31-22-41-42(23-33(31)25-53(40)45(55)39-9-5-6-18-51-39)60-43(27-59-41)30-11-14-35(15-12-30)58-26-28-10-17-37(48)38(49)19-28/h2-20,22-23,40,43H,21,25-27H2,1H3,(H,52,54)(H,56,57)/t40-,43?,47?/m0/s1. The molecule has 2 aliphatic rings. The van der Waals surface area contributed by atoms with E-state index in [0.717, 1.165) is 27.8 Å². The molecule has 0 spiro atoms. The SMILES string of the molecule is CC(NC(=O)[C@@H]1Cc2cc3c(cc2CN1C(=O)c1ccccn1)OC(c1ccc(OCc2ccc(Cl)c(Cl)c2)cc1)CO3)(C(=O)O)c1ccc(-c2ccccc2)c(C#N)c1. The number of halogens is 2. The number of rotatable bonds is 10. The maximum absolute atomic E-state index is 14.4. The summed E-state index contributed by atoms with van der Waals surface area (Å²) in [6, 6.07) is 36.4. The Morgan fingerprint density at radius 1 is 0.917 bits per heavy atom. The average Bonchev–Trinajstić information content (AvgIpc) is 3.28. The van der Waals surface area contributed by atoms with Crippen LogP contribution in [-0.2, 0) is 34.7 Å². The van der Waals surface area contributed by atoms with Gasteiger partial charge < -0.3 is 29.5 Å². The van der Waals surface area contributed by atoms with Gasteiger partial charge in [0.2, 0.25) is 5.91 Å². The van der Waals surface area contributed by atoms with Crippen molar-refractivity contribution in [2.75, 3.05) is 6.61 Å². The predicted molar refractivity (Wildman–Crippen MR) is 224 cm³/mol. The lowest BCUT2D eigenvalue weighted by atomic mass is 9.87. The lowest BCUT2D eigenvalue weighted by molar-refractivity contribution is -0.148. The van der Waals surface area contributed by atoms with Gasteiger partial charge in [0.25, 0.3) is 5.91 Å². The van der Waals surface area contributed by atoms with Gasteiger partial charge in [0.05, 0.1) is 21.7 Å². The van der Waals surface area contributed by atoms with Crippen LogP contribution in [0.15, 0.2) is 128 Å². The molecule has 3 heterocycles. The first-order valence-electron chi connectivity index (χ1n) is 19.0. The molecule has 2 N–H and O–H groups in total. The second-order valence-electron chi connectivity index (χ2n) is 14.6. The highest BCUT2D eigenvalue weighted by molar-refractivity contribution is 6.42. The molecule has 0 bridgehead atoms. The third-order valence-corrected chi connectivity index (χ3v) is 11.5. The molecule has 6 aromatic rings. The first kappa shape index (κ1) is 39.9. The lowest BCUT2D eigenvalue weighted by Crippen LogP contribution is -2.58. The van der Waals surface area contributed by atoms with Crippen LogP contribution in [0, 0.1) is 11.3 Å². The van der Waals surface area contributed by atoms with Crippen molar-refractivity contribution >= 4 is 41.0 Å². The number of ether oxygens (including phenoxy) is 3. The van der Waals surface area contributed by atoms with Gasteiger partial charge in [-0.3, -0.25) is 14.6 Å². The zero-order valence-corrected chi connectivity index (χ0v) is 33.6. The van der Waals surface area contributed by atoms with Gasteiger partial charge in [-0.15, -0.1) is 0 Å². The summed E-state index contributed by atoms with van der Waals surface area (Å²) in [6.45, 7) is 1.90. The number of hydrogen-bond donors (Lipinski definition) is 2. The molecule has 60 heavy (non-hydrogen) atoms. The van der Waals surface area contributed by atoms with E-state index >= 15 is 0 Å². The molecule has 13 heteroatoms. The van der Waals surface area contributed by atoms with Crippen molar-refractivity contribution < 1.29 is 33.7 Å². The molecule has 0 fully saturated rings. The molecule has 2 unspecified atom stereocenters. The molecule has 8 rings (SSSR count). The fourth-order valence-electron chi connectivity index (χ4n) is 7.37. The van der Waals surface area contributed by atoms with Gasteiger partial charge in [-0.1, -0.05) is 89.9 Å². The van der Waals surface area contributed by atoms with Crippen molar-refractivity contribution in [2.45, 2.75) is 44.2 Å². The molecule has 2 aliphatic heterocycles. The predicted octanol–water partition coefficient (Wildman–Crippen LogP) is 8.70. The highest BCUT2D eigenvalue weighted by Crippen LogP contribution is 2.41. The fourth-order valence-corrected chi connectivity index (χ4v) is 7.69. The highest BCUT2D eigenvalue weighted by atomic mass is 35.5. The minimum absolute atomic E-state index is 0.00312. The number of carboxylic acids is 1. The Kier molecular flexibility index (Phi) is 11.2. The maximum Gasteiger partial charge on any atom is 0.333 e. The van der Waals surface area contributed by atoms with Crippen molar-refractivity contribution in [1.29, 1.82) is 5.26 Å². The number of carboxylic acid groups (broad SMARTS) is 1. The van der Waals surface area contributed by atoms with E-state index in [1.165, 1.54) is 24.1 Å². The third-order valence-electron chi connectivity index (χ3n) is 10.7. The number of nitrogens with one attached hydrogen (secondary N) is 1. The molecule has 0 saturated carbocycles. The van der Waals surface area contributed by atoms with Crippen LogP contribution in [0.2, 0.25) is 10.0 Å². The molecule has 1 aromatic heterocycles. The van der Waals surface area contributed by atoms with Crippen molar-refractivity contribution in [3.63, 3.8) is 0 Å². The molecule has 0 radical (unpaired) electrons. The van der Waals surface area contributed by atoms with Gasteiger partial charge in [0.15, 0.2) is 23.1 Å². The van der Waals surface area contributed by atoms with Crippen LogP contribution < -0.4 is 19.5 Å². The number of aromatic nitrogens is 1. The van der Waals surface area contributed by atoms with Crippen LogP contribution in [0.1, 0.15) is 56.9 Å². The number of hydrogen-bond acceptors (Lipinski definition) is 8. The zero-order chi connectivity index (χ0) is 42.0. The molecular weight excluding hydrogens is 803 g/mol. The summed E-state index contributed by atoms with van der Waals surface area (Å²) >= 11 is 12.2. The quantitative estimate of drug-likeness (QED) is 0.138. The summed E-state index contributed by atoms with van der Waals surface area (Å²) in [5.74, 6) is -0.933. The Morgan fingerprint density at radius 3 is 2.40 bits per heavy atom. The summed E-state index contributed by atoms with van der Waals surface area (Å²) in [6.07, 6.45) is 1.10. The third kappa shape index (κ3) is 8.08. The topological polar surface area (TPSA) is 151 Å². The normalized spacial score (nSPS) is 16.4. The minimum Gasteiger partial charge on any atom is -0.489 e. The van der Waals surface area contributed by atoms with Crippen LogP contribution >= 0.6 is 23.2 Å². The Morgan fingerprint density at radius 2 is 1.68 bits per heavy atom. The van der Waals surface area contributed by atoms with Gasteiger partial charge in [0.1, 0.15) is 30.7 Å². The Labute approximate surface area is 355 Å². The van der Waals surface area contributed by atoms with Crippen molar-refractivity contribution in [3.05, 3.63) is 177 Å². The Hall–Kier alpha value is -6.87. The number of carbonyl (C=O) groups excluding carboxylic acids is 2. The van der Waals surface area contributed by atoms with Crippen LogP contribution in [-0.4, -0.2) is 45.4 Å². The van der Waals surface area contributed by atoms with E-state index in [0.29, 0.717) is 39.5 Å². The lowest BCUT2D eigenvalue weighted by Gasteiger charge is -2.38. The van der Waals surface area contributed by atoms with Crippen LogP contribution in [0.5, 0.6) is 17.2 Å². The number of amides is 2. The number of aliphatic carboxylic acids is 1. The van der Waals surface area contributed by atoms with E-state index in [4.69, 9.17) is 37.4 Å². The van der Waals surface area contributed by atoms with Gasteiger partial charge in [-0.2, -0.15) is 5.26 Å². The molecule has 5 aromatic carbocycles. The summed E-state index contributed by atoms with van der Waals surface area (Å²) in [5.41, 5.74) is 3.22. The number of nitriles is 1. The van der Waals surface area contributed by atoms with E-state index in [-0.39, 0.29) is 36.4 Å². The van der Waals surface area contributed by atoms with E-state index < -0.39 is 35.5 Å². The second-order valence-corrected chi connectivity index (χ2v) is 15.4. The number of benzene rings is 5. The van der Waals surface area contributed by atoms with Crippen LogP contribution in [0.25, 0.3) is 11.1 Å². The number of pyridine rings is 1. The van der Waals surface area contributed by atoms with Crippen LogP contribution in [0.3, 0.4) is 0 Å². The summed E-state index contributed by atoms with van der Waals surface area (Å²) in [7, 11) is 0. The highest BCUT2D eigenvalue weighted by Gasteiger charge is 2.43. The number of fused-ring (bicyclic) bond motifs is 2. The van der Waals surface area contributed by atoms with Crippen molar-refractivity contribution in [1.82, 2.24) is 15.2 Å². The molecule has 2 amide bonds. The van der Waals surface area contributed by atoms with Gasteiger partial charge in [0, 0.05) is 19.2 Å². The molecule has 300 valence electrons. The molecule has 0 aliphatic carbocycles. The minimum atomic E-state index is -1.96. The molecular formula is C47H36Cl2N4O7. The Balaban J connectivity index is 1.03. The van der Waals surface area contributed by atoms with Crippen molar-refractivity contribution in [3.8, 4) is 34.4 Å². The van der Waals surface area contributed by atoms with E-state index in [9.17, 15) is 24.8 Å². The largest absolute Gasteiger partial charge is 0.489 e. The monoisotopic (exact) mass is 838 g/mol. The molecule has 0 saturated heterocycles. The van der Waals surface area contributed by atoms with Gasteiger partial charge >= 0.3 is 5.97 Å². The van der Waals surface area contributed by atoms with Crippen molar-refractivity contribution in [2.24, 2.45) is 0 Å². The fraction of sp³-hybridized carbons (Fsp3) is 0.170. The second kappa shape index (κ2) is 16.8. The zero-order valence-electron chi connectivity index (χ0n) is 32.1. The summed E-state index contributed by atoms with van der Waals surface area (Å²) in [5, 5.41) is 24.3. The first-order valence-corrected chi connectivity index (χ1v) is 19.8. The summed E-state index contributed by atoms with van der Waals surface area (Å²) < 4.78 is 18.6. The maximum atomic E-state index is 14.4. The van der Waals surface area contributed by atoms with E-state index in [2.05, 4.69) is 16.4 Å². The average molecular weight is 840 g/mol. The smallest absolute Gasteiger partial charge is 0.333 e. The van der Waals surface area contributed by atoms with E-state index in [1.807, 2.05) is 72.8 Å². The number of nitrogens with zero attached hydrogens (tertiary/aromatic N) is 3. The van der Waals surface area contributed by atoms with E-state index in [1.54, 1.807) is 42.5 Å². The number of carbonyl (C=O) groups is 3. The van der Waals surface area contributed by atoms with Gasteiger partial charge in [-0.25, -0.2) is 4.79 Å². The molecule has 3 atom stereocenters. The summed E-state index contributed by atoms with van der Waals surface area (Å²) in [4.78, 5) is 47.2. The molecule has 11 nitrogen and oxygen atoms in total. The first-order chi connectivity index (χ1) is 29.0. The Bertz CT molecular complexity index is 2660. The van der Waals surface area contributed by atoms with Crippen LogP contribution in [0.4, 0.5) is 0 Å².